The summed E-state index contributed by atoms with van der Waals surface area (Å²) in [7, 11) is 2.08. The number of aliphatic hydroxyl groups is 1. The van der Waals surface area contributed by atoms with E-state index in [4.69, 9.17) is 5.11 Å². The fourth-order valence-corrected chi connectivity index (χ4v) is 3.40. The zero-order chi connectivity index (χ0) is 18.8. The Morgan fingerprint density at radius 3 is 2.46 bits per heavy atom. The molecule has 9 heteroatoms. The molecule has 2 atom stereocenters. The Hall–Kier alpha value is -2.26. The molecule has 0 unspecified atom stereocenters. The van der Waals surface area contributed by atoms with Crippen LogP contribution in [0.15, 0.2) is 6.20 Å². The van der Waals surface area contributed by atoms with Gasteiger partial charge in [-0.1, -0.05) is 0 Å². The topological polar surface area (TPSA) is 110 Å². The van der Waals surface area contributed by atoms with E-state index in [2.05, 4.69) is 26.8 Å². The molecule has 2 saturated heterocycles. The molecule has 142 valence electrons. The molecule has 0 aliphatic carbocycles. The summed E-state index contributed by atoms with van der Waals surface area (Å²) >= 11 is 0. The first-order valence-electron chi connectivity index (χ1n) is 8.84. The summed E-state index contributed by atoms with van der Waals surface area (Å²) in [5.41, 5.74) is 0.984. The molecule has 2 aliphatic heterocycles. The lowest BCUT2D eigenvalue weighted by molar-refractivity contribution is -0.148. The number of aliphatic hydroxyl groups excluding tert-OH is 1. The number of rotatable bonds is 3. The number of carbonyl (C=O) groups is 2. The van der Waals surface area contributed by atoms with Crippen LogP contribution in [0.25, 0.3) is 0 Å². The van der Waals surface area contributed by atoms with E-state index in [9.17, 15) is 14.7 Å². The van der Waals surface area contributed by atoms with Crippen molar-refractivity contribution >= 4 is 17.8 Å². The van der Waals surface area contributed by atoms with E-state index in [1.165, 1.54) is 11.1 Å². The Bertz CT molecular complexity index is 690. The number of nitrogens with zero attached hydrogens (tertiary/aromatic N) is 5. The number of piperazine rings is 1. The van der Waals surface area contributed by atoms with Gasteiger partial charge >= 0.3 is 5.97 Å². The molecule has 0 aromatic carbocycles. The van der Waals surface area contributed by atoms with Crippen molar-refractivity contribution in [2.75, 3.05) is 51.2 Å². The van der Waals surface area contributed by atoms with Gasteiger partial charge in [0.2, 0.25) is 5.95 Å². The van der Waals surface area contributed by atoms with E-state index in [0.717, 1.165) is 26.2 Å². The number of hydrogen-bond donors (Lipinski definition) is 2. The number of aromatic nitrogens is 2. The number of carbonyl (C=O) groups excluding carboxylic acids is 1. The van der Waals surface area contributed by atoms with Crippen LogP contribution in [-0.4, -0.2) is 94.3 Å². The number of carboxylic acids is 1. The zero-order valence-electron chi connectivity index (χ0n) is 15.1. The molecule has 2 fully saturated rings. The molecule has 1 amide bonds. The first-order chi connectivity index (χ1) is 12.4. The SMILES string of the molecule is Cc1nc(N2CCN(C)CC2)ncc1C(=O)N1CC[C@H](C(=O)O)[C@H](O)C1. The lowest BCUT2D eigenvalue weighted by atomic mass is 9.93. The Morgan fingerprint density at radius 2 is 1.88 bits per heavy atom. The van der Waals surface area contributed by atoms with Crippen molar-refractivity contribution in [3.05, 3.63) is 17.5 Å². The van der Waals surface area contributed by atoms with Gasteiger partial charge in [-0.3, -0.25) is 9.59 Å². The molecular weight excluding hydrogens is 338 g/mol. The quantitative estimate of drug-likeness (QED) is 0.736. The fourth-order valence-electron chi connectivity index (χ4n) is 3.40. The average Bonchev–Trinajstić information content (AvgIpc) is 2.61. The van der Waals surface area contributed by atoms with Crippen LogP contribution in [0.5, 0.6) is 0 Å². The van der Waals surface area contributed by atoms with Crippen molar-refractivity contribution in [2.24, 2.45) is 5.92 Å². The van der Waals surface area contributed by atoms with Crippen LogP contribution >= 0.6 is 0 Å². The van der Waals surface area contributed by atoms with E-state index >= 15 is 0 Å². The third-order valence-corrected chi connectivity index (χ3v) is 5.17. The Balaban J connectivity index is 1.69. The van der Waals surface area contributed by atoms with Crippen LogP contribution < -0.4 is 4.90 Å². The van der Waals surface area contributed by atoms with Crippen LogP contribution in [0.2, 0.25) is 0 Å². The summed E-state index contributed by atoms with van der Waals surface area (Å²) in [6.07, 6.45) is 0.714. The number of anilines is 1. The maximum atomic E-state index is 12.7. The molecule has 3 heterocycles. The van der Waals surface area contributed by atoms with Crippen LogP contribution in [0, 0.1) is 12.8 Å². The van der Waals surface area contributed by atoms with E-state index in [1.807, 2.05) is 0 Å². The van der Waals surface area contributed by atoms with Gasteiger partial charge in [0.15, 0.2) is 0 Å². The second-order valence-corrected chi connectivity index (χ2v) is 7.01. The summed E-state index contributed by atoms with van der Waals surface area (Å²) in [4.78, 5) is 38.5. The molecule has 1 aromatic heterocycles. The minimum atomic E-state index is -1.06. The van der Waals surface area contributed by atoms with Crippen LogP contribution in [-0.2, 0) is 4.79 Å². The molecule has 0 spiro atoms. The Labute approximate surface area is 152 Å². The van der Waals surface area contributed by atoms with Gasteiger partial charge in [-0.2, -0.15) is 0 Å². The molecule has 0 radical (unpaired) electrons. The lowest BCUT2D eigenvalue weighted by Gasteiger charge is -2.34. The number of piperidine rings is 1. The van der Waals surface area contributed by atoms with Gasteiger partial charge in [0.1, 0.15) is 0 Å². The van der Waals surface area contributed by atoms with Crippen LogP contribution in [0.3, 0.4) is 0 Å². The second-order valence-electron chi connectivity index (χ2n) is 7.01. The molecule has 1 aromatic rings. The predicted octanol–water partition coefficient (Wildman–Crippen LogP) is -0.556. The summed E-state index contributed by atoms with van der Waals surface area (Å²) in [5.74, 6) is -1.50. The lowest BCUT2D eigenvalue weighted by Crippen LogP contribution is -2.49. The number of aliphatic carboxylic acids is 1. The molecule has 0 saturated carbocycles. The van der Waals surface area contributed by atoms with E-state index in [1.54, 1.807) is 6.92 Å². The van der Waals surface area contributed by atoms with Gasteiger partial charge < -0.3 is 24.9 Å². The normalized spacial score (nSPS) is 24.6. The first kappa shape index (κ1) is 18.5. The fraction of sp³-hybridized carbons (Fsp3) is 0.647. The molecule has 0 bridgehead atoms. The minimum absolute atomic E-state index is 0.00938. The number of aryl methyl sites for hydroxylation is 1. The highest BCUT2D eigenvalue weighted by Gasteiger charge is 2.35. The van der Waals surface area contributed by atoms with Crippen molar-refractivity contribution < 1.29 is 19.8 Å². The number of hydrogen-bond acceptors (Lipinski definition) is 7. The monoisotopic (exact) mass is 363 g/mol. The smallest absolute Gasteiger partial charge is 0.309 e. The van der Waals surface area contributed by atoms with Crippen molar-refractivity contribution in [1.82, 2.24) is 19.8 Å². The van der Waals surface area contributed by atoms with E-state index in [0.29, 0.717) is 23.8 Å². The van der Waals surface area contributed by atoms with E-state index < -0.39 is 18.0 Å². The van der Waals surface area contributed by atoms with Gasteiger partial charge in [0.05, 0.1) is 23.3 Å². The maximum Gasteiger partial charge on any atom is 0.309 e. The van der Waals surface area contributed by atoms with Crippen molar-refractivity contribution in [2.45, 2.75) is 19.4 Å². The molecule has 2 N–H and O–H groups in total. The van der Waals surface area contributed by atoms with Gasteiger partial charge in [0.25, 0.3) is 5.91 Å². The van der Waals surface area contributed by atoms with E-state index in [-0.39, 0.29) is 18.9 Å². The number of likely N-dealkylation sites (N-methyl/N-ethyl adjacent to an activating group) is 1. The summed E-state index contributed by atoms with van der Waals surface area (Å²) < 4.78 is 0. The average molecular weight is 363 g/mol. The molecule has 3 rings (SSSR count). The van der Waals surface area contributed by atoms with Gasteiger partial charge in [0, 0.05) is 45.5 Å². The maximum absolute atomic E-state index is 12.7. The molecule has 2 aliphatic rings. The first-order valence-corrected chi connectivity index (χ1v) is 8.84. The van der Waals surface area contributed by atoms with Gasteiger partial charge in [-0.15, -0.1) is 0 Å². The van der Waals surface area contributed by atoms with Gasteiger partial charge in [-0.05, 0) is 20.4 Å². The molecule has 9 nitrogen and oxygen atoms in total. The number of likely N-dealkylation sites (tertiary alicyclic amines) is 1. The standard InChI is InChI=1S/C17H25N5O4/c1-11-13(9-18-17(19-11)21-7-5-20(2)6-8-21)15(24)22-4-3-12(16(25)26)14(23)10-22/h9,12,14,23H,3-8,10H2,1-2H3,(H,25,26)/t12-,14+/m0/s1. The van der Waals surface area contributed by atoms with Crippen LogP contribution in [0.4, 0.5) is 5.95 Å². The Kier molecular flexibility index (Phi) is 5.38. The Morgan fingerprint density at radius 1 is 1.19 bits per heavy atom. The number of carboxylic acid groups (broad SMARTS) is 1. The van der Waals surface area contributed by atoms with Gasteiger partial charge in [-0.25, -0.2) is 9.97 Å². The predicted molar refractivity (Wildman–Crippen MR) is 94.1 cm³/mol. The highest BCUT2D eigenvalue weighted by atomic mass is 16.4. The third-order valence-electron chi connectivity index (χ3n) is 5.17. The summed E-state index contributed by atoms with van der Waals surface area (Å²) in [5, 5.41) is 19.1. The highest BCUT2D eigenvalue weighted by Crippen LogP contribution is 2.21. The molecule has 26 heavy (non-hydrogen) atoms. The summed E-state index contributed by atoms with van der Waals surface area (Å²) in [6.45, 7) is 5.66. The van der Waals surface area contributed by atoms with Crippen molar-refractivity contribution in [1.29, 1.82) is 0 Å². The largest absolute Gasteiger partial charge is 0.481 e. The summed E-state index contributed by atoms with van der Waals surface area (Å²) in [6, 6.07) is 0. The number of β-amino-alcohol motifs (C(OH)–C–C–N with tert-alkyl or cyclic N) is 1. The van der Waals surface area contributed by atoms with Crippen molar-refractivity contribution in [3.63, 3.8) is 0 Å². The highest BCUT2D eigenvalue weighted by molar-refractivity contribution is 5.95. The number of amides is 1. The zero-order valence-corrected chi connectivity index (χ0v) is 15.1. The third kappa shape index (κ3) is 3.78. The van der Waals surface area contributed by atoms with Crippen LogP contribution in [0.1, 0.15) is 22.5 Å². The van der Waals surface area contributed by atoms with Crippen molar-refractivity contribution in [3.8, 4) is 0 Å². The minimum Gasteiger partial charge on any atom is -0.481 e. The molecular formula is C17H25N5O4. The second kappa shape index (κ2) is 7.55.